The summed E-state index contributed by atoms with van der Waals surface area (Å²) in [5.41, 5.74) is -1.94. The van der Waals surface area contributed by atoms with Crippen molar-refractivity contribution < 1.29 is 69.6 Å². The zero-order valence-electron chi connectivity index (χ0n) is 34.6. The molecule has 7 aliphatic rings. The Morgan fingerprint density at radius 3 is 2.04 bits per heavy atom. The number of ether oxygens (including phenoxy) is 5. The highest BCUT2D eigenvalue weighted by Crippen LogP contribution is 2.78. The molecule has 3 saturated heterocycles. The van der Waals surface area contributed by atoms with Crippen molar-refractivity contribution in [1.29, 1.82) is 0 Å². The van der Waals surface area contributed by atoms with Crippen LogP contribution in [0.15, 0.2) is 11.6 Å². The lowest BCUT2D eigenvalue weighted by Crippen LogP contribution is -2.67. The molecule has 14 heteroatoms. The third-order valence-corrected chi connectivity index (χ3v) is 17.1. The van der Waals surface area contributed by atoms with Crippen LogP contribution in [0.25, 0.3) is 0 Å². The number of rotatable bonds is 7. The molecule has 0 aromatic carbocycles. The molecule has 0 bridgehead atoms. The Morgan fingerprint density at radius 1 is 0.732 bits per heavy atom. The molecule has 0 radical (unpaired) electrons. The van der Waals surface area contributed by atoms with Gasteiger partial charge in [-0.15, -0.1) is 0 Å². The van der Waals surface area contributed by atoms with Gasteiger partial charge in [-0.2, -0.15) is 0 Å². The Morgan fingerprint density at radius 2 is 1.38 bits per heavy atom. The van der Waals surface area contributed by atoms with E-state index in [0.29, 0.717) is 12.8 Å². The first-order valence-corrected chi connectivity index (χ1v) is 21.0. The van der Waals surface area contributed by atoms with Crippen molar-refractivity contribution in [2.45, 2.75) is 198 Å². The van der Waals surface area contributed by atoms with Crippen molar-refractivity contribution in [3.8, 4) is 0 Å². The fourth-order valence-electron chi connectivity index (χ4n) is 13.9. The number of hydrogen-bond acceptors (Lipinski definition) is 14. The maximum absolute atomic E-state index is 12.4. The molecule has 4 saturated carbocycles. The first kappa shape index (κ1) is 43.3. The molecular formula is C42H70O14. The molecule has 7 rings (SSSR count). The lowest BCUT2D eigenvalue weighted by molar-refractivity contribution is -0.345. The molecule has 0 aromatic rings. The smallest absolute Gasteiger partial charge is 0.198 e. The summed E-state index contributed by atoms with van der Waals surface area (Å²) < 4.78 is 30.2. The van der Waals surface area contributed by atoms with E-state index in [0.717, 1.165) is 37.7 Å². The molecule has 3 aliphatic heterocycles. The third kappa shape index (κ3) is 6.09. The van der Waals surface area contributed by atoms with Crippen molar-refractivity contribution in [3.05, 3.63) is 11.6 Å². The first-order valence-electron chi connectivity index (χ1n) is 21.0. The van der Waals surface area contributed by atoms with E-state index in [-0.39, 0.29) is 41.3 Å². The van der Waals surface area contributed by atoms with Crippen LogP contribution < -0.4 is 0 Å². The summed E-state index contributed by atoms with van der Waals surface area (Å²) in [6, 6.07) is 0. The molecule has 56 heavy (non-hydrogen) atoms. The molecule has 0 spiro atoms. The molecule has 0 unspecified atom stereocenters. The van der Waals surface area contributed by atoms with Gasteiger partial charge in [0.25, 0.3) is 0 Å². The Labute approximate surface area is 331 Å². The zero-order chi connectivity index (χ0) is 41.3. The topological polar surface area (TPSA) is 228 Å². The van der Waals surface area contributed by atoms with E-state index in [1.165, 1.54) is 6.92 Å². The van der Waals surface area contributed by atoms with Crippen LogP contribution in [0.2, 0.25) is 0 Å². The standard InChI is InChI=1S/C42H70O14/c1-19(2)10-13-26-41(9,50)33-21-11-12-24-38(6)16-15-25(37(4,5)23(38)14-17-39(24,7)40(21,8)36(49)42(33,51)56-26)55-35-32(48)30(46)28(44)22(54-35)18-52-34-31(47)29(45)27(43)20(3)53-34/h10,20-36,43-51H,11-18H2,1-9H3/t20-,21+,22-,23+,24-,25-,26-,27-,28-,29+,30+,31-,32-,33+,34-,35+,36-,38+,39+,40+,41-,42-/m0/s1. The van der Waals surface area contributed by atoms with Crippen LogP contribution in [0.3, 0.4) is 0 Å². The van der Waals surface area contributed by atoms with E-state index in [4.69, 9.17) is 23.7 Å². The Balaban J connectivity index is 1.07. The highest BCUT2D eigenvalue weighted by molar-refractivity contribution is 5.27. The van der Waals surface area contributed by atoms with Crippen molar-refractivity contribution in [3.63, 3.8) is 0 Å². The van der Waals surface area contributed by atoms with Crippen LogP contribution in [0.5, 0.6) is 0 Å². The fourth-order valence-corrected chi connectivity index (χ4v) is 13.9. The maximum atomic E-state index is 12.4. The van der Waals surface area contributed by atoms with Crippen LogP contribution in [-0.2, 0) is 23.7 Å². The normalized spacial score (nSPS) is 57.8. The largest absolute Gasteiger partial charge is 0.388 e. The monoisotopic (exact) mass is 798 g/mol. The minimum Gasteiger partial charge on any atom is -0.388 e. The third-order valence-electron chi connectivity index (χ3n) is 17.1. The van der Waals surface area contributed by atoms with Gasteiger partial charge in [0, 0.05) is 5.41 Å². The summed E-state index contributed by atoms with van der Waals surface area (Å²) in [6.07, 6.45) is -8.84. The molecule has 322 valence electrons. The summed E-state index contributed by atoms with van der Waals surface area (Å²) in [7, 11) is 0. The predicted molar refractivity (Wildman–Crippen MR) is 200 cm³/mol. The van der Waals surface area contributed by atoms with Crippen LogP contribution in [0, 0.1) is 45.3 Å². The number of fused-ring (bicyclic) bond motifs is 7. The van der Waals surface area contributed by atoms with Gasteiger partial charge in [-0.25, -0.2) is 0 Å². The van der Waals surface area contributed by atoms with Gasteiger partial charge in [0.15, 0.2) is 18.4 Å². The van der Waals surface area contributed by atoms with E-state index in [1.54, 1.807) is 6.92 Å². The van der Waals surface area contributed by atoms with Crippen molar-refractivity contribution in [1.82, 2.24) is 0 Å². The van der Waals surface area contributed by atoms with Crippen LogP contribution >= 0.6 is 0 Å². The van der Waals surface area contributed by atoms with Crippen molar-refractivity contribution in [2.24, 2.45) is 45.3 Å². The Kier molecular flexibility index (Phi) is 11.1. The molecule has 14 nitrogen and oxygen atoms in total. The van der Waals surface area contributed by atoms with Gasteiger partial charge in [-0.1, -0.05) is 46.3 Å². The second-order valence-electron chi connectivity index (χ2n) is 20.5. The first-order chi connectivity index (χ1) is 25.9. The van der Waals surface area contributed by atoms with Crippen LogP contribution in [-0.4, -0.2) is 144 Å². The summed E-state index contributed by atoms with van der Waals surface area (Å²) in [6.45, 7) is 18.0. The van der Waals surface area contributed by atoms with Gasteiger partial charge < -0.3 is 69.6 Å². The number of aliphatic hydroxyl groups excluding tert-OH is 7. The van der Waals surface area contributed by atoms with Gasteiger partial charge in [0.2, 0.25) is 0 Å². The van der Waals surface area contributed by atoms with Crippen LogP contribution in [0.4, 0.5) is 0 Å². The van der Waals surface area contributed by atoms with E-state index in [2.05, 4.69) is 34.6 Å². The second kappa shape index (κ2) is 14.4. The van der Waals surface area contributed by atoms with Crippen LogP contribution in [0.1, 0.15) is 107 Å². The molecular weight excluding hydrogens is 728 g/mol. The van der Waals surface area contributed by atoms with Crippen molar-refractivity contribution >= 4 is 0 Å². The second-order valence-corrected chi connectivity index (χ2v) is 20.5. The quantitative estimate of drug-likeness (QED) is 0.131. The number of hydrogen-bond donors (Lipinski definition) is 9. The highest BCUT2D eigenvalue weighted by atomic mass is 16.7. The summed E-state index contributed by atoms with van der Waals surface area (Å²) >= 11 is 0. The van der Waals surface area contributed by atoms with E-state index >= 15 is 0 Å². The van der Waals surface area contributed by atoms with E-state index in [9.17, 15) is 46.0 Å². The summed E-state index contributed by atoms with van der Waals surface area (Å²) in [5.74, 6) is -2.29. The molecule has 4 aliphatic carbocycles. The van der Waals surface area contributed by atoms with Crippen molar-refractivity contribution in [2.75, 3.05) is 6.61 Å². The van der Waals surface area contributed by atoms with Gasteiger partial charge in [0.05, 0.1) is 36.4 Å². The Bertz CT molecular complexity index is 1490. The lowest BCUT2D eigenvalue weighted by atomic mass is 9.35. The average molecular weight is 799 g/mol. The Hall–Kier alpha value is -0.820. The average Bonchev–Trinajstić information content (AvgIpc) is 3.44. The molecule has 0 aromatic heterocycles. The molecule has 22 atom stereocenters. The number of allylic oxidation sites excluding steroid dienone is 1. The van der Waals surface area contributed by atoms with E-state index < -0.39 is 102 Å². The number of aliphatic hydroxyl groups is 9. The van der Waals surface area contributed by atoms with Gasteiger partial charge in [-0.05, 0) is 107 Å². The SMILES string of the molecule is CC(C)=CC[C@@H]1O[C@@]2(O)[C@H]([C@H]3CC[C@H]4[C@]5(C)CC[C@H](O[C@H]6O[C@@H](CO[C@H]7O[C@@H](C)[C@H](O)[C@@H](O)[C@@H]7O)[C@H](O)[C@@H](O)[C@@H]6O)C(C)(C)[C@H]5CC[C@@]4(C)[C@@]3(C)[C@@H]2O)[C@@]1(C)O. The summed E-state index contributed by atoms with van der Waals surface area (Å²) in [4.78, 5) is 0. The minimum absolute atomic E-state index is 0.153. The predicted octanol–water partition coefficient (Wildman–Crippen LogP) is 1.48. The maximum Gasteiger partial charge on any atom is 0.198 e. The molecule has 9 N–H and O–H groups in total. The summed E-state index contributed by atoms with van der Waals surface area (Å²) in [5, 5.41) is 100. The highest BCUT2D eigenvalue weighted by Gasteiger charge is 2.81. The minimum atomic E-state index is -1.86. The van der Waals surface area contributed by atoms with E-state index in [1.807, 2.05) is 19.9 Å². The zero-order valence-corrected chi connectivity index (χ0v) is 34.6. The van der Waals surface area contributed by atoms with Gasteiger partial charge in [-0.3, -0.25) is 0 Å². The lowest BCUT2D eigenvalue weighted by Gasteiger charge is -2.70. The molecule has 3 heterocycles. The molecule has 7 fully saturated rings. The fraction of sp³-hybridized carbons (Fsp3) is 0.952. The molecule has 0 amide bonds. The van der Waals surface area contributed by atoms with Gasteiger partial charge >= 0.3 is 0 Å². The van der Waals surface area contributed by atoms with Gasteiger partial charge in [0.1, 0.15) is 48.8 Å².